The number of aromatic nitrogens is 2. The summed E-state index contributed by atoms with van der Waals surface area (Å²) in [6.07, 6.45) is 0. The van der Waals surface area contributed by atoms with E-state index in [1.54, 1.807) is 48.1 Å². The van der Waals surface area contributed by atoms with Gasteiger partial charge in [0.2, 0.25) is 10.0 Å². The smallest absolute Gasteiger partial charge is 0.270 e. The number of amides is 1. The predicted molar refractivity (Wildman–Crippen MR) is 135 cm³/mol. The minimum atomic E-state index is -3.49. The Morgan fingerprint density at radius 2 is 1.71 bits per heavy atom. The topological polar surface area (TPSA) is 93.1 Å². The van der Waals surface area contributed by atoms with Crippen LogP contribution in [0.3, 0.4) is 0 Å². The third kappa shape index (κ3) is 5.80. The Morgan fingerprint density at radius 3 is 2.38 bits per heavy atom. The van der Waals surface area contributed by atoms with Crippen LogP contribution in [0.5, 0.6) is 0 Å². The maximum atomic E-state index is 13.2. The number of sulfonamides is 1. The van der Waals surface area contributed by atoms with Crippen LogP contribution in [-0.2, 0) is 22.3 Å². The maximum absolute atomic E-state index is 13.2. The number of nitrogens with one attached hydrogen (secondary N) is 2. The fourth-order valence-corrected chi connectivity index (χ4v) is 5.77. The van der Waals surface area contributed by atoms with Gasteiger partial charge in [0.25, 0.3) is 5.91 Å². The Balaban J connectivity index is 1.58. The first-order chi connectivity index (χ1) is 16.3. The lowest BCUT2D eigenvalue weighted by Gasteiger charge is -2.13. The van der Waals surface area contributed by atoms with E-state index in [0.29, 0.717) is 11.3 Å². The van der Waals surface area contributed by atoms with Crippen LogP contribution in [0.2, 0.25) is 0 Å². The molecule has 1 amide bonds. The van der Waals surface area contributed by atoms with Gasteiger partial charge in [0.1, 0.15) is 11.4 Å². The number of carbonyl (C=O) groups excluding carboxylic acids is 1. The van der Waals surface area contributed by atoms with E-state index in [4.69, 9.17) is 0 Å². The average molecular weight is 495 g/mol. The second-order valence-corrected chi connectivity index (χ2v) is 10.8. The van der Waals surface area contributed by atoms with Crippen molar-refractivity contribution in [2.45, 2.75) is 32.2 Å². The van der Waals surface area contributed by atoms with Gasteiger partial charge in [-0.2, -0.15) is 5.10 Å². The first kappa shape index (κ1) is 23.9. The number of carbonyl (C=O) groups is 1. The molecule has 7 nitrogen and oxygen atoms in total. The summed E-state index contributed by atoms with van der Waals surface area (Å²) in [4.78, 5) is 14.2. The highest BCUT2D eigenvalue weighted by atomic mass is 32.2. The number of hydrogen-bond donors (Lipinski definition) is 2. The van der Waals surface area contributed by atoms with Crippen molar-refractivity contribution >= 4 is 27.3 Å². The Bertz CT molecular complexity index is 1360. The van der Waals surface area contributed by atoms with E-state index in [9.17, 15) is 13.2 Å². The minimum Gasteiger partial charge on any atom is -0.347 e. The van der Waals surface area contributed by atoms with Gasteiger partial charge in [-0.1, -0.05) is 48.5 Å². The van der Waals surface area contributed by atoms with Crippen molar-refractivity contribution in [2.75, 3.05) is 0 Å². The van der Waals surface area contributed by atoms with Gasteiger partial charge >= 0.3 is 0 Å². The molecular weight excluding hydrogens is 468 g/mol. The van der Waals surface area contributed by atoms with Gasteiger partial charge in [-0.15, -0.1) is 11.3 Å². The summed E-state index contributed by atoms with van der Waals surface area (Å²) in [6.45, 7) is 3.76. The number of rotatable bonds is 9. The third-order valence-corrected chi connectivity index (χ3v) is 7.45. The zero-order chi connectivity index (χ0) is 24.1. The first-order valence-corrected chi connectivity index (χ1v) is 13.4. The highest BCUT2D eigenvalue weighted by Gasteiger charge is 2.19. The Labute approximate surface area is 203 Å². The molecule has 0 saturated heterocycles. The van der Waals surface area contributed by atoms with Gasteiger partial charge in [0.15, 0.2) is 0 Å². The molecule has 0 spiro atoms. The van der Waals surface area contributed by atoms with Crippen LogP contribution in [-0.4, -0.2) is 30.1 Å². The molecular formula is C25H26N4O3S2. The highest BCUT2D eigenvalue weighted by Crippen LogP contribution is 2.26. The molecule has 176 valence electrons. The monoisotopic (exact) mass is 494 g/mol. The molecule has 2 aromatic carbocycles. The number of thiophene rings is 1. The van der Waals surface area contributed by atoms with Crippen LogP contribution in [0.15, 0.2) is 78.2 Å². The number of nitrogens with zero attached hydrogens (tertiary/aromatic N) is 2. The molecule has 0 bridgehead atoms. The van der Waals surface area contributed by atoms with E-state index in [0.717, 1.165) is 21.8 Å². The van der Waals surface area contributed by atoms with Gasteiger partial charge in [-0.25, -0.2) is 17.8 Å². The molecule has 0 unspecified atom stereocenters. The number of hydrogen-bond acceptors (Lipinski definition) is 5. The van der Waals surface area contributed by atoms with Crippen molar-refractivity contribution in [1.82, 2.24) is 19.8 Å². The van der Waals surface area contributed by atoms with E-state index >= 15 is 0 Å². The van der Waals surface area contributed by atoms with E-state index in [-0.39, 0.29) is 24.2 Å². The van der Waals surface area contributed by atoms with E-state index in [1.807, 2.05) is 60.0 Å². The van der Waals surface area contributed by atoms with Crippen LogP contribution in [0.1, 0.15) is 35.5 Å². The van der Waals surface area contributed by atoms with Gasteiger partial charge in [-0.3, -0.25) is 4.79 Å². The van der Waals surface area contributed by atoms with Crippen molar-refractivity contribution in [3.05, 3.63) is 95.0 Å². The maximum Gasteiger partial charge on any atom is 0.270 e. The third-order valence-electron chi connectivity index (χ3n) is 5.03. The van der Waals surface area contributed by atoms with Crippen LogP contribution in [0, 0.1) is 0 Å². The molecule has 34 heavy (non-hydrogen) atoms. The fourth-order valence-electron chi connectivity index (χ4n) is 3.60. The molecule has 0 saturated carbocycles. The Morgan fingerprint density at radius 1 is 1.00 bits per heavy atom. The van der Waals surface area contributed by atoms with Crippen molar-refractivity contribution < 1.29 is 13.2 Å². The van der Waals surface area contributed by atoms with Crippen LogP contribution in [0.25, 0.3) is 16.3 Å². The molecule has 2 aromatic heterocycles. The van der Waals surface area contributed by atoms with Gasteiger partial charge in [0.05, 0.1) is 16.3 Å². The number of benzene rings is 2. The summed E-state index contributed by atoms with van der Waals surface area (Å²) < 4.78 is 29.1. The molecule has 4 rings (SSSR count). The van der Waals surface area contributed by atoms with Crippen molar-refractivity contribution in [3.8, 4) is 16.3 Å². The van der Waals surface area contributed by atoms with Gasteiger partial charge in [0, 0.05) is 12.6 Å². The average Bonchev–Trinajstić information content (AvgIpc) is 3.48. The predicted octanol–water partition coefficient (Wildman–Crippen LogP) is 4.36. The fraction of sp³-hybridized carbons (Fsp3) is 0.200. The molecule has 2 heterocycles. The lowest BCUT2D eigenvalue weighted by atomic mass is 10.1. The molecule has 4 aromatic rings. The summed E-state index contributed by atoms with van der Waals surface area (Å²) in [5.74, 6) is -0.445. The molecule has 9 heteroatoms. The SMILES string of the molecule is CC(C)NS(=O)(=O)Cc1ccccc1CNC(=O)c1cc(-c2cccs2)nn1-c1ccccc1. The van der Waals surface area contributed by atoms with Crippen LogP contribution in [0.4, 0.5) is 0 Å². The molecule has 0 atom stereocenters. The van der Waals surface area contributed by atoms with Crippen LogP contribution < -0.4 is 10.0 Å². The number of para-hydroxylation sites is 1. The Hall–Kier alpha value is -3.27. The normalized spacial score (nSPS) is 11.6. The molecule has 0 radical (unpaired) electrons. The van der Waals surface area contributed by atoms with Crippen molar-refractivity contribution in [1.29, 1.82) is 0 Å². The van der Waals surface area contributed by atoms with E-state index in [2.05, 4.69) is 15.1 Å². The van der Waals surface area contributed by atoms with E-state index in [1.165, 1.54) is 0 Å². The van der Waals surface area contributed by atoms with E-state index < -0.39 is 10.0 Å². The lowest BCUT2D eigenvalue weighted by molar-refractivity contribution is 0.0943. The van der Waals surface area contributed by atoms with Crippen molar-refractivity contribution in [2.24, 2.45) is 0 Å². The largest absolute Gasteiger partial charge is 0.347 e. The highest BCUT2D eigenvalue weighted by molar-refractivity contribution is 7.88. The van der Waals surface area contributed by atoms with Gasteiger partial charge in [-0.05, 0) is 54.6 Å². The summed E-state index contributed by atoms with van der Waals surface area (Å²) >= 11 is 1.56. The zero-order valence-electron chi connectivity index (χ0n) is 18.9. The molecule has 2 N–H and O–H groups in total. The van der Waals surface area contributed by atoms with Crippen LogP contribution >= 0.6 is 11.3 Å². The lowest BCUT2D eigenvalue weighted by Crippen LogP contribution is -2.32. The minimum absolute atomic E-state index is 0.151. The quantitative estimate of drug-likeness (QED) is 0.362. The molecule has 0 aliphatic carbocycles. The standard InChI is InChI=1S/C25H26N4O3S2/c1-18(2)28-34(31,32)17-20-10-7-6-9-19(20)16-26-25(30)23-15-22(24-13-8-14-33-24)27-29(23)21-11-4-3-5-12-21/h3-15,18,28H,16-17H2,1-2H3,(H,26,30). The molecule has 0 fully saturated rings. The summed E-state index contributed by atoms with van der Waals surface area (Å²) in [5.41, 5.74) is 3.29. The summed E-state index contributed by atoms with van der Waals surface area (Å²) in [7, 11) is -3.49. The summed E-state index contributed by atoms with van der Waals surface area (Å²) in [5, 5.41) is 9.58. The second-order valence-electron chi connectivity index (χ2n) is 8.12. The van der Waals surface area contributed by atoms with Crippen molar-refractivity contribution in [3.63, 3.8) is 0 Å². The zero-order valence-corrected chi connectivity index (χ0v) is 20.6. The van der Waals surface area contributed by atoms with Gasteiger partial charge < -0.3 is 5.32 Å². The Kier molecular flexibility index (Phi) is 7.26. The first-order valence-electron chi connectivity index (χ1n) is 10.9. The second kappa shape index (κ2) is 10.3. The molecule has 0 aliphatic rings. The summed E-state index contributed by atoms with van der Waals surface area (Å²) in [6, 6.07) is 22.2. The molecule has 0 aliphatic heterocycles.